The van der Waals surface area contributed by atoms with Crippen LogP contribution in [-0.2, 0) is 21.1 Å². The molecule has 0 fully saturated rings. The molecule has 1 amide bonds. The molecule has 3 N–H and O–H groups in total. The molecule has 0 spiro atoms. The lowest BCUT2D eigenvalue weighted by Gasteiger charge is -2.14. The van der Waals surface area contributed by atoms with Gasteiger partial charge in [-0.15, -0.1) is 0 Å². The third-order valence-corrected chi connectivity index (χ3v) is 5.38. The number of carbonyl (C=O) groups excluding carboxylic acids is 1. The number of para-hydroxylation sites is 1. The van der Waals surface area contributed by atoms with E-state index in [1.165, 1.54) is 24.3 Å². The highest BCUT2D eigenvalue weighted by Gasteiger charge is 2.22. The van der Waals surface area contributed by atoms with Crippen LogP contribution < -0.4 is 5.32 Å². The van der Waals surface area contributed by atoms with Gasteiger partial charge in [-0.1, -0.05) is 18.2 Å². The summed E-state index contributed by atoms with van der Waals surface area (Å²) >= 11 is 0. The van der Waals surface area contributed by atoms with Crippen LogP contribution in [0.2, 0.25) is 0 Å². The summed E-state index contributed by atoms with van der Waals surface area (Å²) in [6.07, 6.45) is 2.92. The fraction of sp³-hybridized carbons (Fsp3) is 0.158. The molecule has 0 saturated heterocycles. The Labute approximate surface area is 155 Å². The number of rotatable bonds is 6. The second-order valence-corrected chi connectivity index (χ2v) is 8.24. The Morgan fingerprint density at radius 3 is 2.41 bits per heavy atom. The molecule has 3 aromatic rings. The van der Waals surface area contributed by atoms with E-state index in [1.807, 2.05) is 24.3 Å². The zero-order valence-corrected chi connectivity index (χ0v) is 15.3. The number of hydrogen-bond donors (Lipinski definition) is 3. The molecule has 0 saturated carbocycles. The summed E-state index contributed by atoms with van der Waals surface area (Å²) in [7, 11) is -3.37. The van der Waals surface area contributed by atoms with Gasteiger partial charge >= 0.3 is 5.97 Å². The van der Waals surface area contributed by atoms with E-state index in [4.69, 9.17) is 0 Å². The fourth-order valence-corrected chi connectivity index (χ4v) is 3.45. The number of H-pyrrole nitrogens is 1. The van der Waals surface area contributed by atoms with Gasteiger partial charge in [0.25, 0.3) is 5.91 Å². The molecular weight excluding hydrogens is 368 g/mol. The Morgan fingerprint density at radius 1 is 1.11 bits per heavy atom. The quantitative estimate of drug-likeness (QED) is 0.599. The van der Waals surface area contributed by atoms with Crippen molar-refractivity contribution in [1.82, 2.24) is 10.3 Å². The van der Waals surface area contributed by atoms with Gasteiger partial charge in [0.15, 0.2) is 9.84 Å². The van der Waals surface area contributed by atoms with E-state index >= 15 is 0 Å². The summed E-state index contributed by atoms with van der Waals surface area (Å²) in [6.45, 7) is 0. The SMILES string of the molecule is CS(=O)(=O)c1ccc(C(=O)NC(Cc2c[nH]c3ccccc23)C(=O)O)cc1. The first-order valence-electron chi connectivity index (χ1n) is 8.14. The number of aliphatic carboxylic acids is 1. The van der Waals surface area contributed by atoms with E-state index in [0.717, 1.165) is 22.7 Å². The largest absolute Gasteiger partial charge is 0.480 e. The maximum absolute atomic E-state index is 12.4. The van der Waals surface area contributed by atoms with Crippen LogP contribution in [0.3, 0.4) is 0 Å². The maximum atomic E-state index is 12.4. The minimum absolute atomic E-state index is 0.0904. The monoisotopic (exact) mass is 386 g/mol. The molecule has 0 aliphatic carbocycles. The fourth-order valence-electron chi connectivity index (χ4n) is 2.82. The first kappa shape index (κ1) is 18.7. The van der Waals surface area contributed by atoms with Gasteiger partial charge in [0, 0.05) is 35.3 Å². The summed E-state index contributed by atoms with van der Waals surface area (Å²) in [5.74, 6) is -1.73. The average molecular weight is 386 g/mol. The predicted molar refractivity (Wildman–Crippen MR) is 100 cm³/mol. The van der Waals surface area contributed by atoms with E-state index in [-0.39, 0.29) is 16.9 Å². The van der Waals surface area contributed by atoms with Crippen LogP contribution in [0, 0.1) is 0 Å². The molecule has 140 valence electrons. The number of nitrogens with one attached hydrogen (secondary N) is 2. The summed E-state index contributed by atoms with van der Waals surface area (Å²) in [4.78, 5) is 27.2. The molecule has 8 heteroatoms. The first-order valence-corrected chi connectivity index (χ1v) is 10.0. The molecule has 3 rings (SSSR count). The van der Waals surface area contributed by atoms with Crippen LogP contribution in [0.5, 0.6) is 0 Å². The van der Waals surface area contributed by atoms with Gasteiger partial charge in [0.1, 0.15) is 6.04 Å². The summed E-state index contributed by atoms with van der Waals surface area (Å²) < 4.78 is 23.0. The number of carbonyl (C=O) groups is 2. The van der Waals surface area contributed by atoms with Crippen molar-refractivity contribution in [2.75, 3.05) is 6.26 Å². The molecule has 1 heterocycles. The lowest BCUT2D eigenvalue weighted by Crippen LogP contribution is -2.42. The predicted octanol–water partition coefficient (Wildman–Crippen LogP) is 2.00. The molecule has 7 nitrogen and oxygen atoms in total. The van der Waals surface area contributed by atoms with Gasteiger partial charge in [-0.2, -0.15) is 0 Å². The Bertz CT molecular complexity index is 1100. The number of carboxylic acids is 1. The summed E-state index contributed by atoms with van der Waals surface area (Å²) in [5, 5.41) is 12.9. The van der Waals surface area contributed by atoms with Gasteiger partial charge in [0.05, 0.1) is 4.90 Å². The van der Waals surface area contributed by atoms with E-state index < -0.39 is 27.8 Å². The number of benzene rings is 2. The minimum Gasteiger partial charge on any atom is -0.480 e. The van der Waals surface area contributed by atoms with Gasteiger partial charge in [-0.05, 0) is 35.9 Å². The van der Waals surface area contributed by atoms with Crippen molar-refractivity contribution >= 4 is 32.6 Å². The molecule has 0 bridgehead atoms. The molecular formula is C19H18N2O5S. The van der Waals surface area contributed by atoms with Crippen molar-refractivity contribution in [3.8, 4) is 0 Å². The van der Waals surface area contributed by atoms with Crippen molar-refractivity contribution in [1.29, 1.82) is 0 Å². The van der Waals surface area contributed by atoms with Crippen molar-refractivity contribution < 1.29 is 23.1 Å². The van der Waals surface area contributed by atoms with Crippen molar-refractivity contribution in [2.24, 2.45) is 0 Å². The highest BCUT2D eigenvalue weighted by molar-refractivity contribution is 7.90. The maximum Gasteiger partial charge on any atom is 0.326 e. The number of aromatic nitrogens is 1. The average Bonchev–Trinajstić information content (AvgIpc) is 3.03. The van der Waals surface area contributed by atoms with Crippen LogP contribution >= 0.6 is 0 Å². The number of hydrogen-bond acceptors (Lipinski definition) is 4. The van der Waals surface area contributed by atoms with Gasteiger partial charge in [-0.25, -0.2) is 13.2 Å². The topological polar surface area (TPSA) is 116 Å². The second kappa shape index (κ2) is 7.24. The number of carboxylic acid groups (broad SMARTS) is 1. The van der Waals surface area contributed by atoms with Crippen LogP contribution in [-0.4, -0.2) is 42.7 Å². The van der Waals surface area contributed by atoms with Crippen LogP contribution in [0.4, 0.5) is 0 Å². The number of aromatic amines is 1. The Hall–Kier alpha value is -3.13. The van der Waals surface area contributed by atoms with Gasteiger partial charge in [0.2, 0.25) is 0 Å². The van der Waals surface area contributed by atoms with E-state index in [1.54, 1.807) is 6.20 Å². The molecule has 27 heavy (non-hydrogen) atoms. The Balaban J connectivity index is 1.78. The first-order chi connectivity index (χ1) is 12.8. The standard InChI is InChI=1S/C19H18N2O5S/c1-27(25,26)14-8-6-12(7-9-14)18(22)21-17(19(23)24)10-13-11-20-16-5-3-2-4-15(13)16/h2-9,11,17,20H,10H2,1H3,(H,21,22)(H,23,24). The third kappa shape index (κ3) is 4.17. The summed E-state index contributed by atoms with van der Waals surface area (Å²) in [6, 6.07) is 11.7. The van der Waals surface area contributed by atoms with Gasteiger partial charge in [-0.3, -0.25) is 4.79 Å². The summed E-state index contributed by atoms with van der Waals surface area (Å²) in [5.41, 5.74) is 1.86. The Kier molecular flexibility index (Phi) is 5.00. The number of sulfone groups is 1. The van der Waals surface area contributed by atoms with Crippen molar-refractivity contribution in [2.45, 2.75) is 17.4 Å². The molecule has 1 aromatic heterocycles. The van der Waals surface area contributed by atoms with Crippen LogP contribution in [0.25, 0.3) is 10.9 Å². The normalized spacial score (nSPS) is 12.6. The number of amides is 1. The highest BCUT2D eigenvalue weighted by atomic mass is 32.2. The molecule has 1 atom stereocenters. The van der Waals surface area contributed by atoms with Crippen LogP contribution in [0.1, 0.15) is 15.9 Å². The lowest BCUT2D eigenvalue weighted by molar-refractivity contribution is -0.139. The lowest BCUT2D eigenvalue weighted by atomic mass is 10.0. The van der Waals surface area contributed by atoms with E-state index in [0.29, 0.717) is 0 Å². The van der Waals surface area contributed by atoms with Gasteiger partial charge < -0.3 is 15.4 Å². The van der Waals surface area contributed by atoms with Crippen molar-refractivity contribution in [3.63, 3.8) is 0 Å². The minimum atomic E-state index is -3.37. The Morgan fingerprint density at radius 2 is 1.78 bits per heavy atom. The van der Waals surface area contributed by atoms with Crippen molar-refractivity contribution in [3.05, 3.63) is 65.9 Å². The molecule has 2 aromatic carbocycles. The zero-order valence-electron chi connectivity index (χ0n) is 14.5. The molecule has 0 radical (unpaired) electrons. The highest BCUT2D eigenvalue weighted by Crippen LogP contribution is 2.19. The second-order valence-electron chi connectivity index (χ2n) is 6.22. The molecule has 1 unspecified atom stereocenters. The van der Waals surface area contributed by atoms with Crippen LogP contribution in [0.15, 0.2) is 59.6 Å². The van der Waals surface area contributed by atoms with E-state index in [2.05, 4.69) is 10.3 Å². The zero-order chi connectivity index (χ0) is 19.6. The number of fused-ring (bicyclic) bond motifs is 1. The van der Waals surface area contributed by atoms with E-state index in [9.17, 15) is 23.1 Å². The third-order valence-electron chi connectivity index (χ3n) is 4.25. The molecule has 0 aliphatic heterocycles. The molecule has 0 aliphatic rings. The smallest absolute Gasteiger partial charge is 0.326 e.